The number of hydrogen-bond acceptors (Lipinski definition) is 4. The van der Waals surface area contributed by atoms with Crippen molar-refractivity contribution >= 4 is 5.97 Å². The van der Waals surface area contributed by atoms with E-state index in [2.05, 4.69) is 15.3 Å². The van der Waals surface area contributed by atoms with Crippen LogP contribution in [0.2, 0.25) is 0 Å². The van der Waals surface area contributed by atoms with E-state index in [9.17, 15) is 4.79 Å². The third kappa shape index (κ3) is 2.53. The van der Waals surface area contributed by atoms with Gasteiger partial charge in [0, 0.05) is 13.1 Å². The van der Waals surface area contributed by atoms with E-state index >= 15 is 0 Å². The molecule has 2 fully saturated rings. The van der Waals surface area contributed by atoms with Gasteiger partial charge in [0.25, 0.3) is 0 Å². The minimum absolute atomic E-state index is 0.200. The van der Waals surface area contributed by atoms with Crippen molar-refractivity contribution in [2.75, 3.05) is 39.8 Å². The number of hydrazine groups is 1. The van der Waals surface area contributed by atoms with Gasteiger partial charge >= 0.3 is 5.97 Å². The maximum absolute atomic E-state index is 10.6. The van der Waals surface area contributed by atoms with Crippen molar-refractivity contribution in [1.82, 2.24) is 15.3 Å². The van der Waals surface area contributed by atoms with Gasteiger partial charge in [-0.3, -0.25) is 15.1 Å². The highest BCUT2D eigenvalue weighted by atomic mass is 16.4. The number of likely N-dealkylation sites (tertiary alicyclic amines) is 1. The Balaban J connectivity index is 1.83. The summed E-state index contributed by atoms with van der Waals surface area (Å²) in [5.74, 6) is -0.709. The second-order valence-corrected chi connectivity index (χ2v) is 5.07. The molecule has 2 rings (SSSR count). The predicted molar refractivity (Wildman–Crippen MR) is 61.0 cm³/mol. The molecule has 2 heterocycles. The predicted octanol–water partition coefficient (Wildman–Crippen LogP) is -0.00670. The molecule has 16 heavy (non-hydrogen) atoms. The van der Waals surface area contributed by atoms with Gasteiger partial charge in [-0.2, -0.15) is 0 Å². The lowest BCUT2D eigenvalue weighted by Gasteiger charge is -2.38. The Kier molecular flexibility index (Phi) is 3.47. The molecule has 0 atom stereocenters. The number of nitrogens with one attached hydrogen (secondary N) is 1. The van der Waals surface area contributed by atoms with E-state index in [1.54, 1.807) is 0 Å². The van der Waals surface area contributed by atoms with E-state index in [1.165, 1.54) is 6.42 Å². The summed E-state index contributed by atoms with van der Waals surface area (Å²) in [5.41, 5.74) is 3.65. The zero-order valence-corrected chi connectivity index (χ0v) is 9.91. The first-order valence-electron chi connectivity index (χ1n) is 6.00. The molecule has 0 aromatic heterocycles. The van der Waals surface area contributed by atoms with E-state index in [0.29, 0.717) is 5.41 Å². The van der Waals surface area contributed by atoms with Crippen LogP contribution in [0, 0.1) is 5.41 Å². The smallest absolute Gasteiger partial charge is 0.317 e. The summed E-state index contributed by atoms with van der Waals surface area (Å²) >= 11 is 0. The Morgan fingerprint density at radius 2 is 1.94 bits per heavy atom. The number of hydrogen-bond donors (Lipinski definition) is 2. The summed E-state index contributed by atoms with van der Waals surface area (Å²) in [4.78, 5) is 12.7. The van der Waals surface area contributed by atoms with Gasteiger partial charge in [0.1, 0.15) is 0 Å². The monoisotopic (exact) mass is 227 g/mol. The number of carbonyl (C=O) groups is 1. The lowest BCUT2D eigenvalue weighted by atomic mass is 9.78. The van der Waals surface area contributed by atoms with Crippen molar-refractivity contribution in [1.29, 1.82) is 0 Å². The van der Waals surface area contributed by atoms with Gasteiger partial charge in [0.05, 0.1) is 6.54 Å². The zero-order valence-electron chi connectivity index (χ0n) is 9.91. The summed E-state index contributed by atoms with van der Waals surface area (Å²) in [5, 5.41) is 11.0. The van der Waals surface area contributed by atoms with Crippen LogP contribution >= 0.6 is 0 Å². The molecular formula is C11H21N3O2. The molecule has 0 amide bonds. The van der Waals surface area contributed by atoms with Crippen LogP contribution in [0.3, 0.4) is 0 Å². The van der Waals surface area contributed by atoms with Crippen LogP contribution in [0.15, 0.2) is 0 Å². The Morgan fingerprint density at radius 1 is 1.31 bits per heavy atom. The number of piperidine rings is 1. The number of aliphatic carboxylic acids is 1. The highest BCUT2D eigenvalue weighted by Crippen LogP contribution is 2.39. The maximum Gasteiger partial charge on any atom is 0.317 e. The summed E-state index contributed by atoms with van der Waals surface area (Å²) in [7, 11) is 1.97. The molecule has 92 valence electrons. The molecule has 0 aromatic rings. The number of nitrogens with zero attached hydrogens (tertiary/aromatic N) is 2. The highest BCUT2D eigenvalue weighted by Gasteiger charge is 2.40. The van der Waals surface area contributed by atoms with Gasteiger partial charge in [-0.25, -0.2) is 5.01 Å². The fraction of sp³-hybridized carbons (Fsp3) is 0.909. The van der Waals surface area contributed by atoms with Gasteiger partial charge in [0.15, 0.2) is 0 Å². The third-order valence-corrected chi connectivity index (χ3v) is 4.03. The Hall–Kier alpha value is -0.650. The maximum atomic E-state index is 10.6. The standard InChI is InChI=1S/C11H21N3O2/c1-12-14-7-4-11(9-14)2-5-13(6-3-11)8-10(15)16/h12H,2-9H2,1H3,(H,15,16). The van der Waals surface area contributed by atoms with Crippen molar-refractivity contribution in [3.8, 4) is 0 Å². The molecular weight excluding hydrogens is 206 g/mol. The molecule has 2 aliphatic rings. The molecule has 2 N–H and O–H groups in total. The van der Waals surface area contributed by atoms with Gasteiger partial charge in [-0.15, -0.1) is 0 Å². The topological polar surface area (TPSA) is 55.8 Å². The fourth-order valence-electron chi connectivity index (χ4n) is 2.91. The fourth-order valence-corrected chi connectivity index (χ4v) is 2.91. The molecule has 0 bridgehead atoms. The SMILES string of the molecule is CNN1CCC2(CCN(CC(=O)O)CC2)C1. The Morgan fingerprint density at radius 3 is 2.44 bits per heavy atom. The minimum Gasteiger partial charge on any atom is -0.480 e. The van der Waals surface area contributed by atoms with E-state index in [-0.39, 0.29) is 6.54 Å². The van der Waals surface area contributed by atoms with E-state index < -0.39 is 5.97 Å². The molecule has 0 aromatic carbocycles. The van der Waals surface area contributed by atoms with Crippen molar-refractivity contribution in [2.24, 2.45) is 5.41 Å². The van der Waals surface area contributed by atoms with Gasteiger partial charge in [-0.1, -0.05) is 0 Å². The van der Waals surface area contributed by atoms with Gasteiger partial charge in [0.2, 0.25) is 0 Å². The largest absolute Gasteiger partial charge is 0.480 e. The van der Waals surface area contributed by atoms with Crippen LogP contribution in [0.4, 0.5) is 0 Å². The first-order chi connectivity index (χ1) is 7.63. The van der Waals surface area contributed by atoms with Gasteiger partial charge < -0.3 is 5.11 Å². The molecule has 2 saturated heterocycles. The van der Waals surface area contributed by atoms with Crippen LogP contribution < -0.4 is 5.43 Å². The molecule has 2 aliphatic heterocycles. The minimum atomic E-state index is -0.709. The van der Waals surface area contributed by atoms with Crippen molar-refractivity contribution in [3.63, 3.8) is 0 Å². The molecule has 0 radical (unpaired) electrons. The number of rotatable bonds is 3. The van der Waals surface area contributed by atoms with Crippen LogP contribution in [0.5, 0.6) is 0 Å². The van der Waals surface area contributed by atoms with E-state index in [0.717, 1.165) is 39.0 Å². The van der Waals surface area contributed by atoms with Crippen molar-refractivity contribution in [3.05, 3.63) is 0 Å². The average Bonchev–Trinajstić information content (AvgIpc) is 2.65. The van der Waals surface area contributed by atoms with E-state index in [1.807, 2.05) is 7.05 Å². The first-order valence-corrected chi connectivity index (χ1v) is 6.00. The zero-order chi connectivity index (χ0) is 11.6. The summed E-state index contributed by atoms with van der Waals surface area (Å²) in [6.07, 6.45) is 3.52. The molecule has 0 aliphatic carbocycles. The van der Waals surface area contributed by atoms with Crippen LogP contribution in [0.1, 0.15) is 19.3 Å². The first kappa shape index (κ1) is 11.8. The summed E-state index contributed by atoms with van der Waals surface area (Å²) in [6, 6.07) is 0. The lowest BCUT2D eigenvalue weighted by Crippen LogP contribution is -2.44. The summed E-state index contributed by atoms with van der Waals surface area (Å²) < 4.78 is 0. The van der Waals surface area contributed by atoms with Crippen molar-refractivity contribution in [2.45, 2.75) is 19.3 Å². The molecule has 0 unspecified atom stereocenters. The second-order valence-electron chi connectivity index (χ2n) is 5.07. The summed E-state index contributed by atoms with van der Waals surface area (Å²) in [6.45, 7) is 4.30. The molecule has 1 spiro atoms. The number of carboxylic acid groups (broad SMARTS) is 1. The third-order valence-electron chi connectivity index (χ3n) is 4.03. The Bertz CT molecular complexity index is 262. The van der Waals surface area contributed by atoms with Gasteiger partial charge in [-0.05, 0) is 44.8 Å². The van der Waals surface area contributed by atoms with Crippen molar-refractivity contribution < 1.29 is 9.90 Å². The quantitative estimate of drug-likeness (QED) is 0.710. The molecule has 5 heteroatoms. The van der Waals surface area contributed by atoms with Crippen LogP contribution in [0.25, 0.3) is 0 Å². The van der Waals surface area contributed by atoms with Crippen LogP contribution in [-0.2, 0) is 4.79 Å². The van der Waals surface area contributed by atoms with Crippen LogP contribution in [-0.4, -0.2) is 60.8 Å². The molecule has 0 saturated carbocycles. The average molecular weight is 227 g/mol. The highest BCUT2D eigenvalue weighted by molar-refractivity contribution is 5.69. The second kappa shape index (κ2) is 4.69. The normalized spacial score (nSPS) is 26.3. The van der Waals surface area contributed by atoms with E-state index in [4.69, 9.17) is 5.11 Å². The Labute approximate surface area is 96.4 Å². The number of carboxylic acids is 1. The molecule has 5 nitrogen and oxygen atoms in total. The lowest BCUT2D eigenvalue weighted by molar-refractivity contribution is -0.138.